The van der Waals surface area contributed by atoms with Crippen molar-refractivity contribution in [2.75, 3.05) is 38.6 Å². The molecule has 7 heteroatoms. The fourth-order valence-corrected chi connectivity index (χ4v) is 5.83. The summed E-state index contributed by atoms with van der Waals surface area (Å²) in [5, 5.41) is 0. The van der Waals surface area contributed by atoms with Crippen molar-refractivity contribution in [2.45, 2.75) is 193 Å². The summed E-state index contributed by atoms with van der Waals surface area (Å²) in [7, 11) is 0. The molecule has 2 atom stereocenters. The molecule has 0 bridgehead atoms. The van der Waals surface area contributed by atoms with E-state index in [4.69, 9.17) is 46.9 Å². The van der Waals surface area contributed by atoms with Crippen LogP contribution in [0.4, 0.5) is 0 Å². The SMILES string of the molecule is CCCCCCC(CCOCOCOCCC(CCCCCC)OC=CCCCCCCCCCl)OC=CCCCCCCCCCl. The minimum Gasteiger partial charge on any atom is -0.498 e. The molecular weight excluding hydrogens is 631 g/mol. The Labute approximate surface area is 302 Å². The van der Waals surface area contributed by atoms with Gasteiger partial charge in [-0.3, -0.25) is 0 Å². The molecule has 47 heavy (non-hydrogen) atoms. The van der Waals surface area contributed by atoms with Gasteiger partial charge in [0.1, 0.15) is 13.6 Å². The van der Waals surface area contributed by atoms with Crippen molar-refractivity contribution < 1.29 is 23.7 Å². The van der Waals surface area contributed by atoms with Crippen LogP contribution in [0.5, 0.6) is 0 Å². The van der Waals surface area contributed by atoms with Crippen LogP contribution in [0, 0.1) is 0 Å². The Hall–Kier alpha value is -0.460. The van der Waals surface area contributed by atoms with Crippen molar-refractivity contribution in [3.63, 3.8) is 0 Å². The predicted octanol–water partition coefficient (Wildman–Crippen LogP) is 13.4. The van der Waals surface area contributed by atoms with Crippen molar-refractivity contribution in [1.82, 2.24) is 0 Å². The number of unbranched alkanes of at least 4 members (excludes halogenated alkanes) is 18. The van der Waals surface area contributed by atoms with E-state index >= 15 is 0 Å². The molecule has 0 amide bonds. The average molecular weight is 708 g/mol. The van der Waals surface area contributed by atoms with Crippen LogP contribution in [0.3, 0.4) is 0 Å². The number of allylic oxidation sites excluding steroid dienone is 2. The van der Waals surface area contributed by atoms with Crippen molar-refractivity contribution in [3.05, 3.63) is 24.7 Å². The Morgan fingerprint density at radius 3 is 1.21 bits per heavy atom. The van der Waals surface area contributed by atoms with E-state index in [-0.39, 0.29) is 25.8 Å². The second-order valence-electron chi connectivity index (χ2n) is 13.0. The van der Waals surface area contributed by atoms with Gasteiger partial charge in [-0.05, 0) is 76.4 Å². The van der Waals surface area contributed by atoms with E-state index < -0.39 is 0 Å². The normalized spacial score (nSPS) is 13.2. The highest BCUT2D eigenvalue weighted by molar-refractivity contribution is 6.18. The smallest absolute Gasteiger partial charge is 0.149 e. The molecule has 0 saturated carbocycles. The Morgan fingerprint density at radius 2 is 0.809 bits per heavy atom. The Kier molecular flexibility index (Phi) is 41.3. The highest BCUT2D eigenvalue weighted by Crippen LogP contribution is 2.15. The molecule has 0 aliphatic rings. The molecule has 0 aromatic rings. The van der Waals surface area contributed by atoms with Gasteiger partial charge in [0, 0.05) is 24.6 Å². The van der Waals surface area contributed by atoms with Gasteiger partial charge in [-0.15, -0.1) is 23.2 Å². The third-order valence-electron chi connectivity index (χ3n) is 8.50. The van der Waals surface area contributed by atoms with Crippen LogP contribution in [0.1, 0.15) is 181 Å². The molecule has 0 radical (unpaired) electrons. The summed E-state index contributed by atoms with van der Waals surface area (Å²) in [6.07, 6.45) is 39.7. The van der Waals surface area contributed by atoms with Crippen molar-refractivity contribution in [3.8, 4) is 0 Å². The zero-order valence-corrected chi connectivity index (χ0v) is 32.4. The summed E-state index contributed by atoms with van der Waals surface area (Å²) in [5.74, 6) is 1.58. The second-order valence-corrected chi connectivity index (χ2v) is 13.7. The van der Waals surface area contributed by atoms with Crippen LogP contribution < -0.4 is 0 Å². The molecule has 0 rings (SSSR count). The Morgan fingerprint density at radius 1 is 0.426 bits per heavy atom. The first-order chi connectivity index (χ1) is 23.3. The third kappa shape index (κ3) is 38.2. The van der Waals surface area contributed by atoms with Crippen LogP contribution >= 0.6 is 23.2 Å². The highest BCUT2D eigenvalue weighted by atomic mass is 35.5. The predicted molar refractivity (Wildman–Crippen MR) is 204 cm³/mol. The standard InChI is InChI=1S/C40H76Cl2O5/c1-3-5-7-21-27-39(46-33-25-19-15-11-9-13-17-23-31-41)29-35-43-37-45-38-44-36-30-40(28-22-8-6-4-2)47-34-26-20-16-12-10-14-18-24-32-42/h25-26,33-34,39-40H,3-24,27-32,35-38H2,1-2H3. The first-order valence-electron chi connectivity index (χ1n) is 19.7. The highest BCUT2D eigenvalue weighted by Gasteiger charge is 2.10. The molecule has 2 unspecified atom stereocenters. The lowest BCUT2D eigenvalue weighted by Gasteiger charge is -2.17. The van der Waals surface area contributed by atoms with E-state index in [1.54, 1.807) is 0 Å². The summed E-state index contributed by atoms with van der Waals surface area (Å²) in [5.41, 5.74) is 0. The summed E-state index contributed by atoms with van der Waals surface area (Å²) in [4.78, 5) is 0. The van der Waals surface area contributed by atoms with E-state index in [2.05, 4.69) is 26.0 Å². The van der Waals surface area contributed by atoms with E-state index in [0.717, 1.165) is 63.1 Å². The van der Waals surface area contributed by atoms with Crippen molar-refractivity contribution >= 4 is 23.2 Å². The van der Waals surface area contributed by atoms with Crippen LogP contribution in [-0.2, 0) is 23.7 Å². The molecular formula is C40H76Cl2O5. The molecule has 0 heterocycles. The molecule has 0 aliphatic carbocycles. The summed E-state index contributed by atoms with van der Waals surface area (Å²) >= 11 is 11.5. The van der Waals surface area contributed by atoms with Crippen molar-refractivity contribution in [2.24, 2.45) is 0 Å². The van der Waals surface area contributed by atoms with Gasteiger partial charge in [0.2, 0.25) is 0 Å². The van der Waals surface area contributed by atoms with Gasteiger partial charge < -0.3 is 23.7 Å². The minimum absolute atomic E-state index is 0.199. The lowest BCUT2D eigenvalue weighted by atomic mass is 10.1. The summed E-state index contributed by atoms with van der Waals surface area (Å²) < 4.78 is 29.3. The van der Waals surface area contributed by atoms with Crippen LogP contribution in [0.25, 0.3) is 0 Å². The summed E-state index contributed by atoms with van der Waals surface area (Å²) in [6, 6.07) is 0. The molecule has 0 aliphatic heterocycles. The maximum Gasteiger partial charge on any atom is 0.149 e. The first kappa shape index (κ1) is 46.5. The number of ether oxygens (including phenoxy) is 5. The third-order valence-corrected chi connectivity index (χ3v) is 9.04. The van der Waals surface area contributed by atoms with Crippen LogP contribution in [-0.4, -0.2) is 50.8 Å². The topological polar surface area (TPSA) is 46.2 Å². The quantitative estimate of drug-likeness (QED) is 0.0275. The van der Waals surface area contributed by atoms with E-state index in [9.17, 15) is 0 Å². The maximum atomic E-state index is 6.11. The maximum absolute atomic E-state index is 6.11. The molecule has 0 aromatic carbocycles. The van der Waals surface area contributed by atoms with Crippen molar-refractivity contribution in [1.29, 1.82) is 0 Å². The van der Waals surface area contributed by atoms with Crippen LogP contribution in [0.15, 0.2) is 24.7 Å². The zero-order valence-electron chi connectivity index (χ0n) is 30.9. The monoisotopic (exact) mass is 707 g/mol. The second kappa shape index (κ2) is 41.7. The number of alkyl halides is 2. The molecule has 0 fully saturated rings. The molecule has 5 nitrogen and oxygen atoms in total. The zero-order chi connectivity index (χ0) is 34.1. The number of hydrogen-bond acceptors (Lipinski definition) is 5. The molecule has 0 saturated heterocycles. The fraction of sp³-hybridized carbons (Fsp3) is 0.900. The number of halogens is 2. The number of rotatable bonds is 40. The minimum atomic E-state index is 0.199. The lowest BCUT2D eigenvalue weighted by Crippen LogP contribution is -2.16. The molecule has 0 aromatic heterocycles. The first-order valence-corrected chi connectivity index (χ1v) is 20.8. The van der Waals surface area contributed by atoms with Gasteiger partial charge in [0.05, 0.1) is 37.9 Å². The Bertz CT molecular complexity index is 582. The van der Waals surface area contributed by atoms with Gasteiger partial charge in [0.15, 0.2) is 0 Å². The number of hydrogen-bond donors (Lipinski definition) is 0. The molecule has 0 N–H and O–H groups in total. The lowest BCUT2D eigenvalue weighted by molar-refractivity contribution is -0.136. The van der Waals surface area contributed by atoms with Crippen LogP contribution in [0.2, 0.25) is 0 Å². The molecule has 280 valence electrons. The van der Waals surface area contributed by atoms with Gasteiger partial charge in [-0.2, -0.15) is 0 Å². The van der Waals surface area contributed by atoms with Gasteiger partial charge in [-0.25, -0.2) is 0 Å². The average Bonchev–Trinajstić information content (AvgIpc) is 3.08. The van der Waals surface area contributed by atoms with Gasteiger partial charge in [-0.1, -0.05) is 104 Å². The fourth-order valence-electron chi connectivity index (χ4n) is 5.45. The van der Waals surface area contributed by atoms with Gasteiger partial charge in [0.25, 0.3) is 0 Å². The molecule has 0 spiro atoms. The van der Waals surface area contributed by atoms with E-state index in [0.29, 0.717) is 13.2 Å². The van der Waals surface area contributed by atoms with E-state index in [1.807, 2.05) is 12.5 Å². The van der Waals surface area contributed by atoms with Gasteiger partial charge >= 0.3 is 0 Å². The Balaban J connectivity index is 4.11. The van der Waals surface area contributed by atoms with E-state index in [1.165, 1.54) is 116 Å². The largest absolute Gasteiger partial charge is 0.498 e. The summed E-state index contributed by atoms with van der Waals surface area (Å²) in [6.45, 7) is 6.25.